The van der Waals surface area contributed by atoms with Crippen LogP contribution in [0.5, 0.6) is 5.75 Å². The van der Waals surface area contributed by atoms with Crippen LogP contribution >= 0.6 is 11.6 Å². The Morgan fingerprint density at radius 2 is 2.15 bits per heavy atom. The first-order valence-electron chi connectivity index (χ1n) is 3.81. The van der Waals surface area contributed by atoms with Gasteiger partial charge >= 0.3 is 0 Å². The van der Waals surface area contributed by atoms with Crippen LogP contribution in [0.25, 0.3) is 0 Å². The maximum Gasteiger partial charge on any atom is 0.124 e. The van der Waals surface area contributed by atoms with Gasteiger partial charge < -0.3 is 4.74 Å². The second-order valence-electron chi connectivity index (χ2n) is 2.42. The molecule has 0 fully saturated rings. The van der Waals surface area contributed by atoms with Crippen LogP contribution in [0.15, 0.2) is 18.2 Å². The number of benzene rings is 1. The molecule has 0 saturated heterocycles. The lowest BCUT2D eigenvalue weighted by molar-refractivity contribution is 0.271. The minimum absolute atomic E-state index is 0.0322. The first-order valence-corrected chi connectivity index (χ1v) is 4.34. The number of hydrogen-bond donors (Lipinski definition) is 0. The summed E-state index contributed by atoms with van der Waals surface area (Å²) < 4.78 is 29.4. The minimum atomic E-state index is -0.570. The zero-order valence-corrected chi connectivity index (χ0v) is 7.65. The SMILES string of the molecule is FCCOc1ccc(F)cc1CCl. The molecule has 0 radical (unpaired) electrons. The molecule has 1 aromatic carbocycles. The summed E-state index contributed by atoms with van der Waals surface area (Å²) in [6.07, 6.45) is 0. The van der Waals surface area contributed by atoms with E-state index in [-0.39, 0.29) is 18.3 Å². The van der Waals surface area contributed by atoms with Crippen molar-refractivity contribution < 1.29 is 13.5 Å². The Balaban J connectivity index is 2.79. The van der Waals surface area contributed by atoms with Gasteiger partial charge in [-0.3, -0.25) is 0 Å². The number of hydrogen-bond acceptors (Lipinski definition) is 1. The molecule has 1 aromatic rings. The lowest BCUT2D eigenvalue weighted by atomic mass is 10.2. The summed E-state index contributed by atoms with van der Waals surface area (Å²) in [6.45, 7) is -0.603. The predicted octanol–water partition coefficient (Wildman–Crippen LogP) is 2.91. The van der Waals surface area contributed by atoms with Gasteiger partial charge in [0.1, 0.15) is 24.8 Å². The molecular weight excluding hydrogens is 198 g/mol. The Kier molecular flexibility index (Phi) is 3.96. The molecule has 0 aliphatic carbocycles. The molecule has 72 valence electrons. The zero-order chi connectivity index (χ0) is 9.68. The minimum Gasteiger partial charge on any atom is -0.491 e. The highest BCUT2D eigenvalue weighted by atomic mass is 35.5. The standard InChI is InChI=1S/C9H9ClF2O/c10-6-7-5-8(12)1-2-9(7)13-4-3-11/h1-2,5H,3-4,6H2. The van der Waals surface area contributed by atoms with Gasteiger partial charge in [-0.15, -0.1) is 11.6 Å². The van der Waals surface area contributed by atoms with Crippen LogP contribution in [0.2, 0.25) is 0 Å². The summed E-state index contributed by atoms with van der Waals surface area (Å²) in [5, 5.41) is 0. The van der Waals surface area contributed by atoms with E-state index in [9.17, 15) is 8.78 Å². The lowest BCUT2D eigenvalue weighted by Gasteiger charge is -2.07. The van der Waals surface area contributed by atoms with Gasteiger partial charge in [0, 0.05) is 5.56 Å². The maximum atomic E-state index is 12.7. The first-order chi connectivity index (χ1) is 6.27. The Bertz CT molecular complexity index is 278. The summed E-state index contributed by atoms with van der Waals surface area (Å²) in [5.41, 5.74) is 0.537. The molecule has 0 unspecified atom stereocenters. The molecule has 0 amide bonds. The molecule has 0 N–H and O–H groups in total. The monoisotopic (exact) mass is 206 g/mol. The molecule has 1 nitrogen and oxygen atoms in total. The van der Waals surface area contributed by atoms with Crippen molar-refractivity contribution in [3.63, 3.8) is 0 Å². The second kappa shape index (κ2) is 5.02. The Morgan fingerprint density at radius 3 is 2.77 bits per heavy atom. The molecule has 0 spiro atoms. The van der Waals surface area contributed by atoms with Crippen LogP contribution in [0, 0.1) is 5.82 Å². The van der Waals surface area contributed by atoms with Gasteiger partial charge in [-0.2, -0.15) is 0 Å². The molecule has 0 bridgehead atoms. The quantitative estimate of drug-likeness (QED) is 0.689. The van der Waals surface area contributed by atoms with Crippen molar-refractivity contribution in [1.82, 2.24) is 0 Å². The molecule has 1 rings (SSSR count). The highest BCUT2D eigenvalue weighted by molar-refractivity contribution is 6.17. The average molecular weight is 207 g/mol. The largest absolute Gasteiger partial charge is 0.491 e. The van der Waals surface area contributed by atoms with Gasteiger partial charge in [-0.1, -0.05) is 0 Å². The van der Waals surface area contributed by atoms with Crippen molar-refractivity contribution in [2.45, 2.75) is 5.88 Å². The van der Waals surface area contributed by atoms with E-state index in [2.05, 4.69) is 0 Å². The second-order valence-corrected chi connectivity index (χ2v) is 2.69. The molecule has 0 saturated carbocycles. The third kappa shape index (κ3) is 2.84. The molecule has 0 aliphatic rings. The van der Waals surface area contributed by atoms with Gasteiger partial charge in [0.15, 0.2) is 0 Å². The zero-order valence-electron chi connectivity index (χ0n) is 6.90. The smallest absolute Gasteiger partial charge is 0.124 e. The molecule has 0 atom stereocenters. The number of rotatable bonds is 4. The molecular formula is C9H9ClF2O. The van der Waals surface area contributed by atoms with Gasteiger partial charge in [0.2, 0.25) is 0 Å². The Hall–Kier alpha value is -0.830. The van der Waals surface area contributed by atoms with Crippen LogP contribution < -0.4 is 4.74 Å². The first kappa shape index (κ1) is 10.3. The van der Waals surface area contributed by atoms with E-state index in [1.165, 1.54) is 18.2 Å². The van der Waals surface area contributed by atoms with Crippen LogP contribution in [-0.4, -0.2) is 13.3 Å². The van der Waals surface area contributed by atoms with Crippen molar-refractivity contribution in [2.75, 3.05) is 13.3 Å². The summed E-state index contributed by atoms with van der Waals surface area (Å²) >= 11 is 5.54. The average Bonchev–Trinajstić information content (AvgIpc) is 2.16. The van der Waals surface area contributed by atoms with Crippen LogP contribution in [0.4, 0.5) is 8.78 Å². The number of halogens is 3. The highest BCUT2D eigenvalue weighted by Gasteiger charge is 2.03. The van der Waals surface area contributed by atoms with Gasteiger partial charge in [0.05, 0.1) is 5.88 Å². The summed E-state index contributed by atoms with van der Waals surface area (Å²) in [5.74, 6) is 0.219. The fraction of sp³-hybridized carbons (Fsp3) is 0.333. The normalized spacial score (nSPS) is 10.1. The molecule has 13 heavy (non-hydrogen) atoms. The molecule has 0 aromatic heterocycles. The van der Waals surface area contributed by atoms with Crippen LogP contribution in [0.1, 0.15) is 5.56 Å². The van der Waals surface area contributed by atoms with E-state index in [1.807, 2.05) is 0 Å². The maximum absolute atomic E-state index is 12.7. The molecule has 0 aliphatic heterocycles. The Morgan fingerprint density at radius 1 is 1.38 bits per heavy atom. The van der Waals surface area contributed by atoms with E-state index in [1.54, 1.807) is 0 Å². The topological polar surface area (TPSA) is 9.23 Å². The van der Waals surface area contributed by atoms with Crippen LogP contribution in [-0.2, 0) is 5.88 Å². The van der Waals surface area contributed by atoms with Crippen molar-refractivity contribution in [3.05, 3.63) is 29.6 Å². The molecule has 0 heterocycles. The van der Waals surface area contributed by atoms with Crippen molar-refractivity contribution in [2.24, 2.45) is 0 Å². The van der Waals surface area contributed by atoms with Gasteiger partial charge in [0.25, 0.3) is 0 Å². The van der Waals surface area contributed by atoms with E-state index in [4.69, 9.17) is 16.3 Å². The fourth-order valence-electron chi connectivity index (χ4n) is 0.942. The van der Waals surface area contributed by atoms with Crippen LogP contribution in [0.3, 0.4) is 0 Å². The van der Waals surface area contributed by atoms with E-state index < -0.39 is 6.67 Å². The highest BCUT2D eigenvalue weighted by Crippen LogP contribution is 2.21. The lowest BCUT2D eigenvalue weighted by Crippen LogP contribution is -2.01. The van der Waals surface area contributed by atoms with Gasteiger partial charge in [-0.25, -0.2) is 8.78 Å². The summed E-state index contributed by atoms with van der Waals surface area (Å²) in [7, 11) is 0. The summed E-state index contributed by atoms with van der Waals surface area (Å²) in [6, 6.07) is 3.98. The number of ether oxygens (including phenoxy) is 1. The van der Waals surface area contributed by atoms with E-state index >= 15 is 0 Å². The predicted molar refractivity (Wildman–Crippen MR) is 47.4 cm³/mol. The van der Waals surface area contributed by atoms with Crippen molar-refractivity contribution >= 4 is 11.6 Å². The van der Waals surface area contributed by atoms with Gasteiger partial charge in [-0.05, 0) is 18.2 Å². The Labute approximate surface area is 80.3 Å². The fourth-order valence-corrected chi connectivity index (χ4v) is 1.15. The third-order valence-electron chi connectivity index (χ3n) is 1.50. The van der Waals surface area contributed by atoms with E-state index in [0.717, 1.165) is 0 Å². The van der Waals surface area contributed by atoms with Crippen molar-refractivity contribution in [1.29, 1.82) is 0 Å². The van der Waals surface area contributed by atoms with Crippen molar-refractivity contribution in [3.8, 4) is 5.75 Å². The summed E-state index contributed by atoms with van der Waals surface area (Å²) in [4.78, 5) is 0. The third-order valence-corrected chi connectivity index (χ3v) is 1.79. The molecule has 4 heteroatoms. The number of alkyl halides is 2. The van der Waals surface area contributed by atoms with E-state index in [0.29, 0.717) is 11.3 Å².